The molecule has 1 fully saturated rings. The molecule has 1 aromatic carbocycles. The summed E-state index contributed by atoms with van der Waals surface area (Å²) in [6.45, 7) is 12.6. The number of hydrogen-bond donors (Lipinski definition) is 2. The highest BCUT2D eigenvalue weighted by Gasteiger charge is 2.31. The fraction of sp³-hybridized carbons (Fsp3) is 0.333. The fourth-order valence-corrected chi connectivity index (χ4v) is 4.68. The van der Waals surface area contributed by atoms with Crippen molar-refractivity contribution in [2.75, 3.05) is 19.7 Å². The van der Waals surface area contributed by atoms with Crippen molar-refractivity contribution in [2.24, 2.45) is 4.99 Å². The molecule has 2 N–H and O–H groups in total. The van der Waals surface area contributed by atoms with Crippen LogP contribution in [0.1, 0.15) is 57.2 Å². The zero-order valence-corrected chi connectivity index (χ0v) is 24.5. The molecule has 0 aliphatic carbocycles. The standard InChI is InChI=1S/C33H36N6O3/c1-24(28-19-27(42-23-32(2,3)41)22-39-31(28)26(20-34)21-36-39)11-13-29(35-5)38-17-15-33(4,16-18-38)37-30(40)14-12-25-9-7-6-8-10-25/h6-11,13,19,21-22,41H,5,15-18,23H2,1-4H3,(H,37,40)/b24-11+,29-13+. The van der Waals surface area contributed by atoms with Gasteiger partial charge in [0, 0.05) is 35.7 Å². The molecule has 3 aromatic rings. The summed E-state index contributed by atoms with van der Waals surface area (Å²) in [5, 5.41) is 27.2. The number of hydrogen-bond acceptors (Lipinski definition) is 7. The van der Waals surface area contributed by atoms with Crippen molar-refractivity contribution < 1.29 is 14.6 Å². The van der Waals surface area contributed by atoms with Crippen LogP contribution in [0.25, 0.3) is 11.1 Å². The fourth-order valence-electron chi connectivity index (χ4n) is 4.68. The van der Waals surface area contributed by atoms with E-state index in [1.165, 1.54) is 6.20 Å². The van der Waals surface area contributed by atoms with Gasteiger partial charge < -0.3 is 20.1 Å². The molecule has 1 aliphatic rings. The number of ether oxygens (including phenoxy) is 1. The topological polar surface area (TPSA) is 115 Å². The Hall–Kier alpha value is -4.86. The Labute approximate surface area is 246 Å². The van der Waals surface area contributed by atoms with Crippen LogP contribution in [-0.2, 0) is 4.79 Å². The minimum atomic E-state index is -1.00. The monoisotopic (exact) mass is 564 g/mol. The Morgan fingerprint density at radius 3 is 2.64 bits per heavy atom. The number of nitriles is 1. The Bertz CT molecular complexity index is 1620. The lowest BCUT2D eigenvalue weighted by Crippen LogP contribution is -2.52. The van der Waals surface area contributed by atoms with E-state index < -0.39 is 5.60 Å². The molecule has 4 rings (SSSR count). The van der Waals surface area contributed by atoms with Crippen LogP contribution < -0.4 is 10.1 Å². The average Bonchev–Trinajstić information content (AvgIpc) is 3.39. The number of piperidine rings is 1. The molecular formula is C33H36N6O3. The molecule has 1 amide bonds. The lowest BCUT2D eigenvalue weighted by Gasteiger charge is -2.40. The van der Waals surface area contributed by atoms with E-state index in [9.17, 15) is 15.2 Å². The highest BCUT2D eigenvalue weighted by Crippen LogP contribution is 2.29. The lowest BCUT2D eigenvalue weighted by molar-refractivity contribution is -0.117. The quantitative estimate of drug-likeness (QED) is 0.239. The van der Waals surface area contributed by atoms with E-state index in [-0.39, 0.29) is 18.1 Å². The zero-order chi connectivity index (χ0) is 30.3. The van der Waals surface area contributed by atoms with Crippen LogP contribution >= 0.6 is 0 Å². The first kappa shape index (κ1) is 30.1. The third kappa shape index (κ3) is 7.66. The number of rotatable bonds is 8. The van der Waals surface area contributed by atoms with Crippen molar-refractivity contribution in [3.8, 4) is 23.7 Å². The first-order valence-electron chi connectivity index (χ1n) is 13.8. The van der Waals surface area contributed by atoms with Gasteiger partial charge in [0.2, 0.25) is 0 Å². The van der Waals surface area contributed by atoms with E-state index in [1.54, 1.807) is 24.6 Å². The molecule has 0 bridgehead atoms. The number of carbonyl (C=O) groups is 1. The summed E-state index contributed by atoms with van der Waals surface area (Å²) >= 11 is 0. The van der Waals surface area contributed by atoms with Crippen LogP contribution in [0.4, 0.5) is 0 Å². The zero-order valence-electron chi connectivity index (χ0n) is 24.5. The maximum atomic E-state index is 12.5. The third-order valence-electron chi connectivity index (χ3n) is 7.07. The second-order valence-electron chi connectivity index (χ2n) is 11.3. The highest BCUT2D eigenvalue weighted by molar-refractivity contribution is 5.94. The minimum Gasteiger partial charge on any atom is -0.489 e. The van der Waals surface area contributed by atoms with Gasteiger partial charge in [-0.3, -0.25) is 4.79 Å². The van der Waals surface area contributed by atoms with E-state index >= 15 is 0 Å². The van der Waals surface area contributed by atoms with Gasteiger partial charge in [-0.15, -0.1) is 0 Å². The molecule has 9 heteroatoms. The van der Waals surface area contributed by atoms with Crippen LogP contribution in [0.15, 0.2) is 71.8 Å². The number of benzene rings is 1. The predicted octanol–water partition coefficient (Wildman–Crippen LogP) is 4.32. The van der Waals surface area contributed by atoms with Crippen LogP contribution in [0, 0.1) is 23.2 Å². The number of allylic oxidation sites excluding steroid dienone is 3. The van der Waals surface area contributed by atoms with Gasteiger partial charge in [0.15, 0.2) is 0 Å². The van der Waals surface area contributed by atoms with E-state index in [0.717, 1.165) is 29.5 Å². The summed E-state index contributed by atoms with van der Waals surface area (Å²) in [6.07, 6.45) is 8.51. The van der Waals surface area contributed by atoms with Crippen molar-refractivity contribution in [1.29, 1.82) is 5.26 Å². The van der Waals surface area contributed by atoms with Crippen molar-refractivity contribution >= 4 is 23.7 Å². The molecular weight excluding hydrogens is 528 g/mol. The highest BCUT2D eigenvalue weighted by atomic mass is 16.5. The molecule has 42 heavy (non-hydrogen) atoms. The van der Waals surface area contributed by atoms with Crippen molar-refractivity contribution in [2.45, 2.75) is 51.7 Å². The number of pyridine rings is 1. The summed E-state index contributed by atoms with van der Waals surface area (Å²) < 4.78 is 7.44. The van der Waals surface area contributed by atoms with Gasteiger partial charge in [-0.05, 0) is 77.1 Å². The number of aliphatic imine (C=N–C) groups is 1. The SMILES string of the molecule is C=N/C(=C\C=C(/C)c1cc(OCC(C)(C)O)cn2ncc(C#N)c12)N1CCC(C)(NC(=O)C#Cc2ccccc2)CC1. The summed E-state index contributed by atoms with van der Waals surface area (Å²) in [6, 6.07) is 13.5. The second kappa shape index (κ2) is 12.8. The maximum absolute atomic E-state index is 12.5. The smallest absolute Gasteiger partial charge is 0.296 e. The second-order valence-corrected chi connectivity index (χ2v) is 11.3. The third-order valence-corrected chi connectivity index (χ3v) is 7.07. The van der Waals surface area contributed by atoms with E-state index in [4.69, 9.17) is 4.74 Å². The van der Waals surface area contributed by atoms with E-state index in [1.807, 2.05) is 62.4 Å². The first-order valence-corrected chi connectivity index (χ1v) is 13.8. The van der Waals surface area contributed by atoms with Gasteiger partial charge in [0.1, 0.15) is 24.2 Å². The molecule has 3 heterocycles. The molecule has 0 unspecified atom stereocenters. The number of aromatic nitrogens is 2. The average molecular weight is 565 g/mol. The summed E-state index contributed by atoms with van der Waals surface area (Å²) in [5.74, 6) is 6.55. The van der Waals surface area contributed by atoms with Crippen LogP contribution in [0.5, 0.6) is 5.75 Å². The van der Waals surface area contributed by atoms with Gasteiger partial charge in [0.25, 0.3) is 5.91 Å². The molecule has 0 spiro atoms. The first-order chi connectivity index (χ1) is 20.0. The van der Waals surface area contributed by atoms with Gasteiger partial charge >= 0.3 is 0 Å². The molecule has 2 aromatic heterocycles. The van der Waals surface area contributed by atoms with Crippen molar-refractivity contribution in [3.05, 3.63) is 83.5 Å². The summed E-state index contributed by atoms with van der Waals surface area (Å²) in [7, 11) is 0. The van der Waals surface area contributed by atoms with Crippen LogP contribution in [0.2, 0.25) is 0 Å². The normalized spacial score (nSPS) is 15.4. The number of carbonyl (C=O) groups excluding carboxylic acids is 1. The number of amides is 1. The van der Waals surface area contributed by atoms with Gasteiger partial charge in [-0.25, -0.2) is 9.51 Å². The number of fused-ring (bicyclic) bond motifs is 1. The Kier molecular flexibility index (Phi) is 9.15. The number of nitrogens with zero attached hydrogens (tertiary/aromatic N) is 5. The molecule has 0 radical (unpaired) electrons. The van der Waals surface area contributed by atoms with Crippen LogP contribution in [0.3, 0.4) is 0 Å². The molecule has 0 saturated carbocycles. The minimum absolute atomic E-state index is 0.103. The largest absolute Gasteiger partial charge is 0.489 e. The van der Waals surface area contributed by atoms with Crippen molar-refractivity contribution in [1.82, 2.24) is 19.8 Å². The Morgan fingerprint density at radius 1 is 1.29 bits per heavy atom. The van der Waals surface area contributed by atoms with Gasteiger partial charge in [-0.2, -0.15) is 10.4 Å². The lowest BCUT2D eigenvalue weighted by atomic mass is 9.89. The Morgan fingerprint density at radius 2 is 2.00 bits per heavy atom. The molecule has 0 atom stereocenters. The van der Waals surface area contributed by atoms with Crippen LogP contribution in [-0.4, -0.2) is 63.1 Å². The molecule has 1 saturated heterocycles. The maximum Gasteiger partial charge on any atom is 0.296 e. The van der Waals surface area contributed by atoms with Crippen molar-refractivity contribution in [3.63, 3.8) is 0 Å². The summed E-state index contributed by atoms with van der Waals surface area (Å²) in [4.78, 5) is 18.9. The Balaban J connectivity index is 1.48. The molecule has 9 nitrogen and oxygen atoms in total. The van der Waals surface area contributed by atoms with Gasteiger partial charge in [-0.1, -0.05) is 30.2 Å². The van der Waals surface area contributed by atoms with E-state index in [2.05, 4.69) is 44.9 Å². The number of likely N-dealkylation sites (tertiary alicyclic amines) is 1. The van der Waals surface area contributed by atoms with E-state index in [0.29, 0.717) is 35.7 Å². The molecule has 1 aliphatic heterocycles. The summed E-state index contributed by atoms with van der Waals surface area (Å²) in [5.41, 5.74) is 2.20. The molecule has 216 valence electrons. The predicted molar refractivity (Wildman–Crippen MR) is 164 cm³/mol. The number of nitrogens with one attached hydrogen (secondary N) is 1. The number of aliphatic hydroxyl groups is 1. The van der Waals surface area contributed by atoms with Gasteiger partial charge in [0.05, 0.1) is 29.1 Å².